The van der Waals surface area contributed by atoms with Gasteiger partial charge in [-0.25, -0.2) is 0 Å². The van der Waals surface area contributed by atoms with E-state index in [0.717, 1.165) is 6.92 Å². The zero-order chi connectivity index (χ0) is 11.5. The van der Waals surface area contributed by atoms with Crippen LogP contribution in [0.15, 0.2) is 28.4 Å². The molecule has 0 bridgehead atoms. The highest BCUT2D eigenvalue weighted by atomic mass is 19.4. The monoisotopic (exact) mass is 217 g/mol. The van der Waals surface area contributed by atoms with Crippen LogP contribution in [0.1, 0.15) is 19.8 Å². The van der Waals surface area contributed by atoms with Gasteiger partial charge in [-0.15, -0.1) is 0 Å². The maximum absolute atomic E-state index is 12.6. The molecular formula is C10H10F3NO. The average molecular weight is 217 g/mol. The van der Waals surface area contributed by atoms with Gasteiger partial charge in [0.15, 0.2) is 5.78 Å². The quantitative estimate of drug-likeness (QED) is 0.664. The second-order valence-electron chi connectivity index (χ2n) is 3.13. The van der Waals surface area contributed by atoms with Gasteiger partial charge >= 0.3 is 6.18 Å². The fourth-order valence-corrected chi connectivity index (χ4v) is 1.28. The molecule has 0 amide bonds. The van der Waals surface area contributed by atoms with Crippen molar-refractivity contribution in [3.05, 3.63) is 23.4 Å². The molecule has 82 valence electrons. The van der Waals surface area contributed by atoms with Gasteiger partial charge in [0.1, 0.15) is 5.70 Å². The van der Waals surface area contributed by atoms with Crippen LogP contribution in [0, 0.1) is 0 Å². The van der Waals surface area contributed by atoms with Crippen molar-refractivity contribution < 1.29 is 18.0 Å². The SMILES string of the molecule is CC(=O)C1=C(/C(F)(F)F)CC\C=C/C=N/1. The maximum Gasteiger partial charge on any atom is 0.414 e. The van der Waals surface area contributed by atoms with Gasteiger partial charge in [-0.2, -0.15) is 13.2 Å². The summed E-state index contributed by atoms with van der Waals surface area (Å²) in [6.07, 6.45) is -0.0860. The van der Waals surface area contributed by atoms with Crippen LogP contribution in [-0.2, 0) is 4.79 Å². The van der Waals surface area contributed by atoms with Crippen molar-refractivity contribution in [3.8, 4) is 0 Å². The van der Waals surface area contributed by atoms with Crippen molar-refractivity contribution in [2.45, 2.75) is 25.9 Å². The second kappa shape index (κ2) is 4.42. The number of rotatable bonds is 1. The molecule has 0 atom stereocenters. The number of hydrogen-bond acceptors (Lipinski definition) is 2. The highest BCUT2D eigenvalue weighted by molar-refractivity contribution is 5.96. The van der Waals surface area contributed by atoms with Crippen molar-refractivity contribution >= 4 is 12.0 Å². The van der Waals surface area contributed by atoms with Gasteiger partial charge in [0, 0.05) is 13.1 Å². The molecule has 5 heteroatoms. The molecule has 0 aliphatic carbocycles. The van der Waals surface area contributed by atoms with Gasteiger partial charge < -0.3 is 0 Å². The lowest BCUT2D eigenvalue weighted by Crippen LogP contribution is -2.17. The molecule has 0 N–H and O–H groups in total. The molecule has 0 radical (unpaired) electrons. The molecule has 1 rings (SSSR count). The molecule has 1 heterocycles. The molecule has 1 aliphatic heterocycles. The van der Waals surface area contributed by atoms with Gasteiger partial charge in [0.25, 0.3) is 0 Å². The summed E-state index contributed by atoms with van der Waals surface area (Å²) in [5.41, 5.74) is -1.32. The van der Waals surface area contributed by atoms with Crippen molar-refractivity contribution in [3.63, 3.8) is 0 Å². The predicted molar refractivity (Wildman–Crippen MR) is 50.6 cm³/mol. The third kappa shape index (κ3) is 3.04. The normalized spacial score (nSPS) is 26.7. The highest BCUT2D eigenvalue weighted by Crippen LogP contribution is 2.33. The number of allylic oxidation sites excluding steroid dienone is 4. The first-order valence-electron chi connectivity index (χ1n) is 4.43. The first-order chi connectivity index (χ1) is 6.93. The number of carbonyl (C=O) groups is 1. The van der Waals surface area contributed by atoms with Gasteiger partial charge in [0.05, 0.1) is 5.57 Å². The van der Waals surface area contributed by atoms with Crippen LogP contribution in [0.5, 0.6) is 0 Å². The van der Waals surface area contributed by atoms with Gasteiger partial charge in [-0.1, -0.05) is 6.08 Å². The third-order valence-electron chi connectivity index (χ3n) is 1.95. The highest BCUT2D eigenvalue weighted by Gasteiger charge is 2.36. The average Bonchev–Trinajstić information content (AvgIpc) is 1.99. The van der Waals surface area contributed by atoms with E-state index in [0.29, 0.717) is 0 Å². The second-order valence-corrected chi connectivity index (χ2v) is 3.13. The largest absolute Gasteiger partial charge is 0.414 e. The van der Waals surface area contributed by atoms with E-state index >= 15 is 0 Å². The summed E-state index contributed by atoms with van der Waals surface area (Å²) >= 11 is 0. The van der Waals surface area contributed by atoms with Crippen molar-refractivity contribution in [2.75, 3.05) is 0 Å². The Hall–Kier alpha value is -1.39. The standard InChI is InChI=1S/C10H10F3NO/c1-7(15)9-8(10(11,12)13)5-3-2-4-6-14-9/h2,4,6H,3,5H2,1H3/b4-2-,9-8+,14-6+. The zero-order valence-electron chi connectivity index (χ0n) is 8.14. The molecule has 1 aliphatic rings. The van der Waals surface area contributed by atoms with E-state index in [1.807, 2.05) is 0 Å². The first kappa shape index (κ1) is 11.7. The van der Waals surface area contributed by atoms with Crippen molar-refractivity contribution in [2.24, 2.45) is 4.99 Å². The molecular weight excluding hydrogens is 207 g/mol. The van der Waals surface area contributed by atoms with E-state index in [1.165, 1.54) is 12.3 Å². The Bertz CT molecular complexity index is 350. The summed E-state index contributed by atoms with van der Waals surface area (Å²) in [6, 6.07) is 0. The summed E-state index contributed by atoms with van der Waals surface area (Å²) in [5.74, 6) is -0.658. The van der Waals surface area contributed by atoms with Crippen LogP contribution in [-0.4, -0.2) is 18.2 Å². The third-order valence-corrected chi connectivity index (χ3v) is 1.95. The number of aliphatic imine (C=N–C) groups is 1. The molecule has 0 aromatic rings. The lowest BCUT2D eigenvalue weighted by molar-refractivity contribution is -0.116. The Balaban J connectivity index is 3.22. The molecule has 0 aromatic carbocycles. The summed E-state index contributed by atoms with van der Waals surface area (Å²) < 4.78 is 37.7. The Kier molecular flexibility index (Phi) is 3.44. The van der Waals surface area contributed by atoms with E-state index < -0.39 is 23.2 Å². The van der Waals surface area contributed by atoms with Crippen LogP contribution >= 0.6 is 0 Å². The number of carbonyl (C=O) groups excluding carboxylic acids is 1. The van der Waals surface area contributed by atoms with Crippen molar-refractivity contribution in [1.82, 2.24) is 0 Å². The van der Waals surface area contributed by atoms with Gasteiger partial charge in [0.2, 0.25) is 0 Å². The molecule has 0 unspecified atom stereocenters. The molecule has 0 saturated heterocycles. The molecule has 0 fully saturated rings. The first-order valence-corrected chi connectivity index (χ1v) is 4.43. The van der Waals surface area contributed by atoms with E-state index in [-0.39, 0.29) is 12.8 Å². The molecule has 0 saturated carbocycles. The van der Waals surface area contributed by atoms with E-state index in [9.17, 15) is 18.0 Å². The number of ketones is 1. The Morgan fingerprint density at radius 2 is 2.13 bits per heavy atom. The number of alkyl halides is 3. The van der Waals surface area contributed by atoms with Crippen LogP contribution in [0.2, 0.25) is 0 Å². The van der Waals surface area contributed by atoms with E-state index in [4.69, 9.17) is 0 Å². The number of hydrogen-bond donors (Lipinski definition) is 0. The van der Waals surface area contributed by atoms with Crippen LogP contribution in [0.4, 0.5) is 13.2 Å². The maximum atomic E-state index is 12.6. The lowest BCUT2D eigenvalue weighted by atomic mass is 10.0. The Morgan fingerprint density at radius 1 is 1.47 bits per heavy atom. The zero-order valence-corrected chi connectivity index (χ0v) is 8.14. The lowest BCUT2D eigenvalue weighted by Gasteiger charge is -2.14. The topological polar surface area (TPSA) is 29.4 Å². The summed E-state index contributed by atoms with van der Waals surface area (Å²) in [7, 11) is 0. The molecule has 2 nitrogen and oxygen atoms in total. The minimum absolute atomic E-state index is 0.202. The smallest absolute Gasteiger partial charge is 0.293 e. The summed E-state index contributed by atoms with van der Waals surface area (Å²) in [4.78, 5) is 14.6. The van der Waals surface area contributed by atoms with E-state index in [1.54, 1.807) is 6.08 Å². The molecule has 0 spiro atoms. The van der Waals surface area contributed by atoms with Gasteiger partial charge in [-0.3, -0.25) is 9.79 Å². The number of halogens is 3. The van der Waals surface area contributed by atoms with Crippen molar-refractivity contribution in [1.29, 1.82) is 0 Å². The fourth-order valence-electron chi connectivity index (χ4n) is 1.28. The Morgan fingerprint density at radius 3 is 2.67 bits per heavy atom. The number of nitrogens with zero attached hydrogens (tertiary/aromatic N) is 1. The predicted octanol–water partition coefficient (Wildman–Crippen LogP) is 2.81. The van der Waals surface area contributed by atoms with Crippen LogP contribution in [0.3, 0.4) is 0 Å². The summed E-state index contributed by atoms with van der Waals surface area (Å²) in [6.45, 7) is 1.09. The van der Waals surface area contributed by atoms with Gasteiger partial charge in [-0.05, 0) is 18.9 Å². The minimum atomic E-state index is -4.48. The molecule has 0 aromatic heterocycles. The number of Topliss-reactive ketones (excluding diaryl/α,β-unsaturated/α-hetero) is 1. The van der Waals surface area contributed by atoms with Crippen LogP contribution < -0.4 is 0 Å². The summed E-state index contributed by atoms with van der Waals surface area (Å²) in [5, 5.41) is 0. The van der Waals surface area contributed by atoms with Crippen LogP contribution in [0.25, 0.3) is 0 Å². The Labute approximate surface area is 85.2 Å². The fraction of sp³-hybridized carbons (Fsp3) is 0.400. The van der Waals surface area contributed by atoms with E-state index in [2.05, 4.69) is 4.99 Å². The molecule has 15 heavy (non-hydrogen) atoms. The minimum Gasteiger partial charge on any atom is -0.293 e.